The first-order valence-corrected chi connectivity index (χ1v) is 5.82. The van der Waals surface area contributed by atoms with Crippen LogP contribution in [0.3, 0.4) is 0 Å². The van der Waals surface area contributed by atoms with E-state index in [4.69, 9.17) is 21.4 Å². The molecule has 1 N–H and O–H groups in total. The van der Waals surface area contributed by atoms with E-state index in [1.165, 1.54) is 18.2 Å². The molecular weight excluding hydrogens is 271 g/mol. The zero-order valence-electron chi connectivity index (χ0n) is 9.98. The van der Waals surface area contributed by atoms with E-state index in [9.17, 15) is 9.18 Å². The van der Waals surface area contributed by atoms with Gasteiger partial charge in [0.15, 0.2) is 0 Å². The van der Waals surface area contributed by atoms with E-state index >= 15 is 0 Å². The first-order chi connectivity index (χ1) is 8.99. The van der Waals surface area contributed by atoms with Crippen LogP contribution in [0.4, 0.5) is 4.39 Å². The SMILES string of the molecule is Cc1cccc(Oc2ccc(F)cc2Cl)c1C(=O)O. The Morgan fingerprint density at radius 1 is 1.26 bits per heavy atom. The van der Waals surface area contributed by atoms with E-state index < -0.39 is 11.8 Å². The maximum atomic E-state index is 12.9. The molecule has 0 saturated carbocycles. The lowest BCUT2D eigenvalue weighted by Crippen LogP contribution is -2.03. The van der Waals surface area contributed by atoms with Gasteiger partial charge in [0.2, 0.25) is 0 Å². The molecule has 5 heteroatoms. The fourth-order valence-electron chi connectivity index (χ4n) is 1.68. The molecule has 2 aromatic rings. The molecule has 0 aliphatic carbocycles. The monoisotopic (exact) mass is 280 g/mol. The summed E-state index contributed by atoms with van der Waals surface area (Å²) in [5, 5.41) is 9.25. The van der Waals surface area contributed by atoms with Gasteiger partial charge < -0.3 is 9.84 Å². The molecule has 0 amide bonds. The fourth-order valence-corrected chi connectivity index (χ4v) is 1.88. The lowest BCUT2D eigenvalue weighted by atomic mass is 10.1. The summed E-state index contributed by atoms with van der Waals surface area (Å²) in [6.45, 7) is 1.67. The second-order valence-corrected chi connectivity index (χ2v) is 4.34. The fraction of sp³-hybridized carbons (Fsp3) is 0.0714. The highest BCUT2D eigenvalue weighted by Crippen LogP contribution is 2.32. The van der Waals surface area contributed by atoms with Crippen LogP contribution in [0.25, 0.3) is 0 Å². The van der Waals surface area contributed by atoms with Gasteiger partial charge in [0, 0.05) is 0 Å². The third kappa shape index (κ3) is 2.85. The third-order valence-corrected chi connectivity index (χ3v) is 2.86. The molecule has 0 bridgehead atoms. The van der Waals surface area contributed by atoms with Crippen molar-refractivity contribution in [3.8, 4) is 11.5 Å². The van der Waals surface area contributed by atoms with Crippen LogP contribution in [-0.2, 0) is 0 Å². The Labute approximate surface area is 114 Å². The van der Waals surface area contributed by atoms with Crippen LogP contribution < -0.4 is 4.74 Å². The molecular formula is C14H10ClFO3. The second-order valence-electron chi connectivity index (χ2n) is 3.93. The van der Waals surface area contributed by atoms with Gasteiger partial charge in [0.25, 0.3) is 0 Å². The summed E-state index contributed by atoms with van der Waals surface area (Å²) in [7, 11) is 0. The second kappa shape index (κ2) is 5.28. The Morgan fingerprint density at radius 3 is 2.63 bits per heavy atom. The van der Waals surface area contributed by atoms with Crippen LogP contribution in [0, 0.1) is 12.7 Å². The van der Waals surface area contributed by atoms with Crippen LogP contribution in [-0.4, -0.2) is 11.1 Å². The van der Waals surface area contributed by atoms with Gasteiger partial charge in [0.05, 0.1) is 5.02 Å². The molecule has 0 saturated heterocycles. The van der Waals surface area contributed by atoms with Crippen molar-refractivity contribution < 1.29 is 19.0 Å². The number of carboxylic acid groups (broad SMARTS) is 1. The minimum atomic E-state index is -1.09. The lowest BCUT2D eigenvalue weighted by Gasteiger charge is -2.11. The molecule has 0 heterocycles. The summed E-state index contributed by atoms with van der Waals surface area (Å²) in [6.07, 6.45) is 0. The zero-order valence-corrected chi connectivity index (χ0v) is 10.7. The van der Waals surface area contributed by atoms with Crippen molar-refractivity contribution in [2.75, 3.05) is 0 Å². The van der Waals surface area contributed by atoms with Crippen molar-refractivity contribution in [3.05, 3.63) is 58.4 Å². The van der Waals surface area contributed by atoms with E-state index in [-0.39, 0.29) is 22.1 Å². The van der Waals surface area contributed by atoms with Crippen molar-refractivity contribution >= 4 is 17.6 Å². The largest absolute Gasteiger partial charge is 0.478 e. The molecule has 0 radical (unpaired) electrons. The van der Waals surface area contributed by atoms with E-state index in [2.05, 4.69) is 0 Å². The Kier molecular flexibility index (Phi) is 3.71. The van der Waals surface area contributed by atoms with Gasteiger partial charge in [-0.05, 0) is 36.8 Å². The predicted molar refractivity (Wildman–Crippen MR) is 69.6 cm³/mol. The molecule has 0 fully saturated rings. The van der Waals surface area contributed by atoms with E-state index in [1.54, 1.807) is 19.1 Å². The van der Waals surface area contributed by atoms with Crippen molar-refractivity contribution in [2.45, 2.75) is 6.92 Å². The molecule has 0 aromatic heterocycles. The van der Waals surface area contributed by atoms with Crippen LogP contribution in [0.15, 0.2) is 36.4 Å². The smallest absolute Gasteiger partial charge is 0.339 e. The van der Waals surface area contributed by atoms with E-state index in [0.29, 0.717) is 5.56 Å². The summed E-state index contributed by atoms with van der Waals surface area (Å²) >= 11 is 5.84. The molecule has 19 heavy (non-hydrogen) atoms. The molecule has 0 unspecified atom stereocenters. The standard InChI is InChI=1S/C14H10ClFO3/c1-8-3-2-4-12(13(8)14(17)18)19-11-6-5-9(16)7-10(11)15/h2-7H,1H3,(H,17,18). The Balaban J connectivity index is 2.44. The normalized spacial score (nSPS) is 10.3. The number of hydrogen-bond acceptors (Lipinski definition) is 2. The van der Waals surface area contributed by atoms with Crippen LogP contribution in [0.1, 0.15) is 15.9 Å². The number of halogens is 2. The summed E-state index contributed by atoms with van der Waals surface area (Å²) < 4.78 is 18.4. The highest BCUT2D eigenvalue weighted by atomic mass is 35.5. The van der Waals surface area contributed by atoms with Gasteiger partial charge in [0.1, 0.15) is 22.9 Å². The highest BCUT2D eigenvalue weighted by Gasteiger charge is 2.15. The molecule has 2 aromatic carbocycles. The summed E-state index contributed by atoms with van der Waals surface area (Å²) in [4.78, 5) is 11.2. The summed E-state index contributed by atoms with van der Waals surface area (Å²) in [6, 6.07) is 8.52. The summed E-state index contributed by atoms with van der Waals surface area (Å²) in [5.41, 5.74) is 0.631. The number of aromatic carboxylic acids is 1. The van der Waals surface area contributed by atoms with Crippen molar-refractivity contribution in [3.63, 3.8) is 0 Å². The van der Waals surface area contributed by atoms with Gasteiger partial charge in [-0.15, -0.1) is 0 Å². The maximum absolute atomic E-state index is 12.9. The van der Waals surface area contributed by atoms with Crippen LogP contribution in [0.2, 0.25) is 5.02 Å². The van der Waals surface area contributed by atoms with Crippen molar-refractivity contribution in [1.82, 2.24) is 0 Å². The molecule has 0 aliphatic heterocycles. The number of ether oxygens (including phenoxy) is 1. The van der Waals surface area contributed by atoms with E-state index in [1.807, 2.05) is 0 Å². The van der Waals surface area contributed by atoms with Gasteiger partial charge >= 0.3 is 5.97 Å². The molecule has 0 aliphatic rings. The Morgan fingerprint density at radius 2 is 2.00 bits per heavy atom. The van der Waals surface area contributed by atoms with Gasteiger partial charge in [-0.3, -0.25) is 0 Å². The lowest BCUT2D eigenvalue weighted by molar-refractivity contribution is 0.0693. The van der Waals surface area contributed by atoms with Gasteiger partial charge in [-0.1, -0.05) is 23.7 Å². The molecule has 0 spiro atoms. The minimum Gasteiger partial charge on any atom is -0.478 e. The topological polar surface area (TPSA) is 46.5 Å². The quantitative estimate of drug-likeness (QED) is 0.913. The van der Waals surface area contributed by atoms with Crippen molar-refractivity contribution in [2.24, 2.45) is 0 Å². The number of rotatable bonds is 3. The summed E-state index contributed by atoms with van der Waals surface area (Å²) in [5.74, 6) is -1.21. The molecule has 98 valence electrons. The number of aryl methyl sites for hydroxylation is 1. The minimum absolute atomic E-state index is 0.0582. The first-order valence-electron chi connectivity index (χ1n) is 5.45. The van der Waals surface area contributed by atoms with Gasteiger partial charge in [-0.25, -0.2) is 9.18 Å². The maximum Gasteiger partial charge on any atom is 0.339 e. The van der Waals surface area contributed by atoms with Crippen LogP contribution >= 0.6 is 11.6 Å². The van der Waals surface area contributed by atoms with Crippen molar-refractivity contribution in [1.29, 1.82) is 0 Å². The van der Waals surface area contributed by atoms with Gasteiger partial charge in [-0.2, -0.15) is 0 Å². The third-order valence-electron chi connectivity index (χ3n) is 2.56. The Hall–Kier alpha value is -2.07. The molecule has 2 rings (SSSR count). The number of benzene rings is 2. The number of hydrogen-bond donors (Lipinski definition) is 1. The predicted octanol–water partition coefficient (Wildman–Crippen LogP) is 4.28. The molecule has 3 nitrogen and oxygen atoms in total. The number of carboxylic acids is 1. The Bertz CT molecular complexity index is 641. The highest BCUT2D eigenvalue weighted by molar-refractivity contribution is 6.32. The van der Waals surface area contributed by atoms with Crippen LogP contribution in [0.5, 0.6) is 11.5 Å². The van der Waals surface area contributed by atoms with E-state index in [0.717, 1.165) is 6.07 Å². The number of carbonyl (C=O) groups is 1. The first kappa shape index (κ1) is 13.4. The average Bonchev–Trinajstić information content (AvgIpc) is 2.32. The zero-order chi connectivity index (χ0) is 14.0. The molecule has 0 atom stereocenters. The average molecular weight is 281 g/mol.